The molecule has 4 aromatic carbocycles. The van der Waals surface area contributed by atoms with Gasteiger partial charge in [-0.3, -0.25) is 4.98 Å². The summed E-state index contributed by atoms with van der Waals surface area (Å²) in [5.41, 5.74) is 8.12. The SMILES string of the molecule is Bc1nc(-c2cccc3c2oc2c(-c4ccc(-c5ccc(C)cc5)cc4)c(F)ccc23)c(B)c(F)c1C(C)(C)C. The summed E-state index contributed by atoms with van der Waals surface area (Å²) in [5, 5.41) is 1.64. The van der Waals surface area contributed by atoms with Gasteiger partial charge in [-0.2, -0.15) is 0 Å². The number of halogens is 2. The van der Waals surface area contributed by atoms with Crippen molar-refractivity contribution >= 4 is 48.7 Å². The van der Waals surface area contributed by atoms with Gasteiger partial charge in [0.25, 0.3) is 0 Å². The maximum absolute atomic E-state index is 15.7. The molecule has 0 N–H and O–H groups in total. The molecule has 0 atom stereocenters. The molecule has 0 fully saturated rings. The summed E-state index contributed by atoms with van der Waals surface area (Å²) in [5.74, 6) is -0.606. The molecule has 196 valence electrons. The summed E-state index contributed by atoms with van der Waals surface area (Å²) >= 11 is 0. The van der Waals surface area contributed by atoms with Gasteiger partial charge in [-0.1, -0.05) is 87.0 Å². The van der Waals surface area contributed by atoms with E-state index in [2.05, 4.69) is 31.2 Å². The first-order chi connectivity index (χ1) is 19.0. The summed E-state index contributed by atoms with van der Waals surface area (Å²) in [6, 6.07) is 25.2. The van der Waals surface area contributed by atoms with Gasteiger partial charge in [0.05, 0.1) is 11.3 Å². The lowest BCUT2D eigenvalue weighted by Gasteiger charge is -2.24. The van der Waals surface area contributed by atoms with E-state index in [1.54, 1.807) is 13.9 Å². The van der Waals surface area contributed by atoms with Crippen LogP contribution in [0.25, 0.3) is 55.4 Å². The van der Waals surface area contributed by atoms with Crippen molar-refractivity contribution in [2.75, 3.05) is 0 Å². The van der Waals surface area contributed by atoms with Gasteiger partial charge in [0, 0.05) is 27.5 Å². The molecule has 0 unspecified atom stereocenters. The van der Waals surface area contributed by atoms with Crippen molar-refractivity contribution in [2.45, 2.75) is 33.1 Å². The van der Waals surface area contributed by atoms with E-state index in [4.69, 9.17) is 9.40 Å². The van der Waals surface area contributed by atoms with Crippen LogP contribution in [0.4, 0.5) is 8.78 Å². The van der Waals surface area contributed by atoms with Gasteiger partial charge in [-0.05, 0) is 52.7 Å². The fourth-order valence-electron chi connectivity index (χ4n) is 5.76. The Bertz CT molecular complexity index is 1920. The van der Waals surface area contributed by atoms with Crippen molar-refractivity contribution in [3.05, 3.63) is 102 Å². The largest absolute Gasteiger partial charge is 0.455 e. The standard InChI is InChI=1S/C34H29B2F2NO/c1-18-8-10-19(11-9-18)20-12-14-21(15-13-20)26-25(37)17-16-23-22-6-5-7-24(31(22)40-32(23)26)30-28(35)29(38)27(33(36)39-30)34(2,3)4/h5-17H,35-36H2,1-4H3. The minimum atomic E-state index is -0.378. The van der Waals surface area contributed by atoms with Gasteiger partial charge in [-0.15, -0.1) is 0 Å². The Labute approximate surface area is 234 Å². The molecule has 2 aromatic heterocycles. The zero-order valence-electron chi connectivity index (χ0n) is 23.6. The van der Waals surface area contributed by atoms with Crippen LogP contribution >= 0.6 is 0 Å². The molecule has 0 radical (unpaired) electrons. The van der Waals surface area contributed by atoms with Crippen molar-refractivity contribution in [1.29, 1.82) is 0 Å². The number of para-hydroxylation sites is 1. The third kappa shape index (κ3) is 4.23. The highest BCUT2D eigenvalue weighted by molar-refractivity contribution is 6.38. The minimum absolute atomic E-state index is 0.247. The predicted octanol–water partition coefficient (Wildman–Crippen LogP) is 6.38. The highest BCUT2D eigenvalue weighted by Gasteiger charge is 2.26. The number of hydrogen-bond donors (Lipinski definition) is 0. The summed E-state index contributed by atoms with van der Waals surface area (Å²) in [6.45, 7) is 8.03. The number of rotatable bonds is 3. The van der Waals surface area contributed by atoms with Gasteiger partial charge in [-0.25, -0.2) is 8.78 Å². The van der Waals surface area contributed by atoms with Crippen LogP contribution in [0, 0.1) is 18.6 Å². The number of nitrogens with zero attached hydrogens (tertiary/aromatic N) is 1. The molecule has 0 aliphatic heterocycles. The van der Waals surface area contributed by atoms with Crippen LogP contribution in [0.5, 0.6) is 0 Å². The Morgan fingerprint density at radius 1 is 0.725 bits per heavy atom. The number of hydrogen-bond acceptors (Lipinski definition) is 2. The van der Waals surface area contributed by atoms with E-state index >= 15 is 8.78 Å². The van der Waals surface area contributed by atoms with Crippen molar-refractivity contribution in [2.24, 2.45) is 0 Å². The molecule has 0 bridgehead atoms. The van der Waals surface area contributed by atoms with E-state index < -0.39 is 0 Å². The lowest BCUT2D eigenvalue weighted by molar-refractivity contribution is 0.529. The fourth-order valence-corrected chi connectivity index (χ4v) is 5.76. The van der Waals surface area contributed by atoms with Crippen LogP contribution in [0.3, 0.4) is 0 Å². The van der Waals surface area contributed by atoms with Gasteiger partial charge >= 0.3 is 0 Å². The maximum Gasteiger partial charge on any atom is 0.164 e. The molecule has 2 nitrogen and oxygen atoms in total. The summed E-state index contributed by atoms with van der Waals surface area (Å²) in [6.07, 6.45) is 0. The molecule has 0 amide bonds. The maximum atomic E-state index is 15.7. The molecule has 0 saturated heterocycles. The number of fused-ring (bicyclic) bond motifs is 3. The van der Waals surface area contributed by atoms with E-state index in [1.807, 2.05) is 71.1 Å². The smallest absolute Gasteiger partial charge is 0.164 e. The number of aryl methyl sites for hydroxylation is 1. The Kier molecular flexibility index (Phi) is 6.18. The number of aromatic nitrogens is 1. The van der Waals surface area contributed by atoms with Crippen molar-refractivity contribution in [3.63, 3.8) is 0 Å². The third-order valence-electron chi connectivity index (χ3n) is 7.73. The zero-order chi connectivity index (χ0) is 28.3. The summed E-state index contributed by atoms with van der Waals surface area (Å²) < 4.78 is 37.6. The van der Waals surface area contributed by atoms with Crippen LogP contribution in [0.1, 0.15) is 31.9 Å². The van der Waals surface area contributed by atoms with Gasteiger partial charge in [0.15, 0.2) is 7.85 Å². The quantitative estimate of drug-likeness (QED) is 0.250. The van der Waals surface area contributed by atoms with Crippen molar-refractivity contribution in [3.8, 4) is 33.5 Å². The fraction of sp³-hybridized carbons (Fsp3) is 0.147. The van der Waals surface area contributed by atoms with Gasteiger partial charge < -0.3 is 4.42 Å². The topological polar surface area (TPSA) is 26.0 Å². The Morgan fingerprint density at radius 3 is 1.98 bits per heavy atom. The molecular weight excluding hydrogens is 498 g/mol. The van der Waals surface area contributed by atoms with Crippen LogP contribution in [0.15, 0.2) is 83.3 Å². The molecule has 0 spiro atoms. The molecule has 2 heterocycles. The average molecular weight is 527 g/mol. The predicted molar refractivity (Wildman–Crippen MR) is 168 cm³/mol. The van der Waals surface area contributed by atoms with E-state index in [9.17, 15) is 0 Å². The number of pyridine rings is 1. The highest BCUT2D eigenvalue weighted by atomic mass is 19.1. The van der Waals surface area contributed by atoms with Gasteiger partial charge in [0.1, 0.15) is 30.6 Å². The lowest BCUT2D eigenvalue weighted by atomic mass is 9.76. The van der Waals surface area contributed by atoms with Crippen LogP contribution in [-0.2, 0) is 5.41 Å². The number of furan rings is 1. The zero-order valence-corrected chi connectivity index (χ0v) is 23.6. The molecule has 6 rings (SSSR count). The van der Waals surface area contributed by atoms with Gasteiger partial charge in [0.2, 0.25) is 0 Å². The second-order valence-corrected chi connectivity index (χ2v) is 11.6. The van der Waals surface area contributed by atoms with Crippen LogP contribution in [-0.4, -0.2) is 20.7 Å². The molecule has 0 saturated carbocycles. The van der Waals surface area contributed by atoms with Crippen molar-refractivity contribution in [1.82, 2.24) is 4.98 Å². The molecular formula is C34H29B2F2NO. The van der Waals surface area contributed by atoms with Crippen LogP contribution < -0.4 is 11.1 Å². The van der Waals surface area contributed by atoms with Crippen LogP contribution in [0.2, 0.25) is 0 Å². The molecule has 6 heteroatoms. The Morgan fingerprint density at radius 2 is 1.32 bits per heavy atom. The highest BCUT2D eigenvalue weighted by Crippen LogP contribution is 2.41. The van der Waals surface area contributed by atoms with Crippen molar-refractivity contribution < 1.29 is 13.2 Å². The first-order valence-electron chi connectivity index (χ1n) is 13.5. The molecule has 0 aliphatic rings. The average Bonchev–Trinajstić information content (AvgIpc) is 3.29. The van der Waals surface area contributed by atoms with E-state index in [-0.39, 0.29) is 17.0 Å². The van der Waals surface area contributed by atoms with E-state index in [1.165, 1.54) is 11.6 Å². The molecule has 40 heavy (non-hydrogen) atoms. The second kappa shape index (κ2) is 9.48. The van der Waals surface area contributed by atoms with E-state index in [0.29, 0.717) is 44.6 Å². The minimum Gasteiger partial charge on any atom is -0.455 e. The number of benzene rings is 4. The monoisotopic (exact) mass is 527 g/mol. The first kappa shape index (κ1) is 26.1. The Balaban J connectivity index is 1.53. The Hall–Kier alpha value is -4.18. The third-order valence-corrected chi connectivity index (χ3v) is 7.73. The second-order valence-electron chi connectivity index (χ2n) is 11.6. The van der Waals surface area contributed by atoms with E-state index in [0.717, 1.165) is 27.5 Å². The lowest BCUT2D eigenvalue weighted by Crippen LogP contribution is -2.34. The first-order valence-corrected chi connectivity index (χ1v) is 13.5. The summed E-state index contributed by atoms with van der Waals surface area (Å²) in [7, 11) is 3.60. The molecule has 6 aromatic rings. The summed E-state index contributed by atoms with van der Waals surface area (Å²) in [4.78, 5) is 4.86. The molecule has 0 aliphatic carbocycles. The normalized spacial score (nSPS) is 11.9.